The first-order valence-electron chi connectivity index (χ1n) is 7.50. The Hall–Kier alpha value is -1.60. The van der Waals surface area contributed by atoms with Crippen molar-refractivity contribution in [1.29, 1.82) is 0 Å². The number of esters is 1. The van der Waals surface area contributed by atoms with Crippen molar-refractivity contribution < 1.29 is 23.5 Å². The average molecular weight is 437 g/mol. The predicted octanol–water partition coefficient (Wildman–Crippen LogP) is 4.02. The zero-order valence-corrected chi connectivity index (χ0v) is 16.7. The highest BCUT2D eigenvalue weighted by atomic mass is 79.9. The Kier molecular flexibility index (Phi) is 7.89. The third-order valence-electron chi connectivity index (χ3n) is 3.18. The Morgan fingerprint density at radius 3 is 2.60 bits per heavy atom. The van der Waals surface area contributed by atoms with Crippen LogP contribution in [0.1, 0.15) is 27.2 Å². The van der Waals surface area contributed by atoms with Gasteiger partial charge in [-0.2, -0.15) is 0 Å². The molecule has 0 bridgehead atoms. The van der Waals surface area contributed by atoms with Crippen LogP contribution in [0.5, 0.6) is 5.75 Å². The van der Waals surface area contributed by atoms with Gasteiger partial charge in [0, 0.05) is 12.1 Å². The molecule has 1 amide bonds. The van der Waals surface area contributed by atoms with Crippen molar-refractivity contribution in [1.82, 2.24) is 5.32 Å². The maximum Gasteiger partial charge on any atom is 0.330 e. The highest BCUT2D eigenvalue weighted by molar-refractivity contribution is 9.10. The lowest BCUT2D eigenvalue weighted by Gasteiger charge is -2.26. The molecule has 1 N–H and O–H groups in total. The van der Waals surface area contributed by atoms with Gasteiger partial charge < -0.3 is 14.8 Å². The van der Waals surface area contributed by atoms with Crippen molar-refractivity contribution in [2.75, 3.05) is 7.11 Å². The predicted molar refractivity (Wildman–Crippen MR) is 97.2 cm³/mol. The van der Waals surface area contributed by atoms with E-state index in [2.05, 4.69) is 26.0 Å². The van der Waals surface area contributed by atoms with E-state index >= 15 is 0 Å². The topological polar surface area (TPSA) is 64.6 Å². The Morgan fingerprint density at radius 2 is 2.08 bits per heavy atom. The summed E-state index contributed by atoms with van der Waals surface area (Å²) in [5, 5.41) is 2.66. The summed E-state index contributed by atoms with van der Waals surface area (Å²) < 4.78 is 23.8. The molecule has 0 fully saturated rings. The lowest BCUT2D eigenvalue weighted by atomic mass is 10.0. The average Bonchev–Trinajstić information content (AvgIpc) is 2.54. The molecular weight excluding hydrogens is 417 g/mol. The Labute approximate surface area is 159 Å². The fourth-order valence-corrected chi connectivity index (χ4v) is 2.63. The number of hydrogen-bond acceptors (Lipinski definition) is 4. The van der Waals surface area contributed by atoms with E-state index in [0.717, 1.165) is 0 Å². The van der Waals surface area contributed by atoms with Gasteiger partial charge in [-0.15, -0.1) is 0 Å². The van der Waals surface area contributed by atoms with Crippen LogP contribution < -0.4 is 10.1 Å². The van der Waals surface area contributed by atoms with E-state index in [4.69, 9.17) is 16.3 Å². The second-order valence-corrected chi connectivity index (χ2v) is 7.04. The number of benzene rings is 1. The van der Waals surface area contributed by atoms with Gasteiger partial charge in [0.05, 0.1) is 22.1 Å². The number of carbonyl (C=O) groups excluding carboxylic acids is 2. The van der Waals surface area contributed by atoms with E-state index in [0.29, 0.717) is 6.42 Å². The fraction of sp³-hybridized carbons (Fsp3) is 0.412. The summed E-state index contributed by atoms with van der Waals surface area (Å²) in [6, 6.07) is 2.71. The third-order valence-corrected chi connectivity index (χ3v) is 4.03. The summed E-state index contributed by atoms with van der Waals surface area (Å²) in [4.78, 5) is 23.6. The van der Waals surface area contributed by atoms with Gasteiger partial charge in [-0.1, -0.05) is 24.6 Å². The lowest BCUT2D eigenvalue weighted by molar-refractivity contribution is -0.135. The smallest absolute Gasteiger partial charge is 0.330 e. The summed E-state index contributed by atoms with van der Waals surface area (Å²) in [7, 11) is 1.27. The van der Waals surface area contributed by atoms with Crippen molar-refractivity contribution >= 4 is 39.4 Å². The minimum atomic E-state index is -0.806. The van der Waals surface area contributed by atoms with Crippen LogP contribution in [-0.2, 0) is 14.3 Å². The molecule has 5 nitrogen and oxygen atoms in total. The maximum atomic E-state index is 13.5. The summed E-state index contributed by atoms with van der Waals surface area (Å²) in [6.45, 7) is 5.23. The van der Waals surface area contributed by atoms with Crippen LogP contribution in [0.2, 0.25) is 5.02 Å². The molecular formula is C17H20BrClFNO4. The number of halogens is 3. The molecule has 1 rings (SSSR count). The molecule has 25 heavy (non-hydrogen) atoms. The van der Waals surface area contributed by atoms with E-state index in [9.17, 15) is 14.0 Å². The van der Waals surface area contributed by atoms with E-state index in [1.165, 1.54) is 31.4 Å². The molecule has 8 heteroatoms. The van der Waals surface area contributed by atoms with E-state index in [-0.39, 0.29) is 21.2 Å². The van der Waals surface area contributed by atoms with E-state index in [1.54, 1.807) is 20.8 Å². The van der Waals surface area contributed by atoms with Crippen LogP contribution in [0.25, 0.3) is 0 Å². The van der Waals surface area contributed by atoms with Crippen LogP contribution in [0.3, 0.4) is 0 Å². The van der Waals surface area contributed by atoms with Gasteiger partial charge in [0.2, 0.25) is 0 Å². The molecule has 1 atom stereocenters. The number of rotatable bonds is 7. The Balaban J connectivity index is 2.84. The zero-order chi connectivity index (χ0) is 19.2. The highest BCUT2D eigenvalue weighted by Crippen LogP contribution is 2.29. The summed E-state index contributed by atoms with van der Waals surface area (Å²) in [5.74, 6) is -1.22. The van der Waals surface area contributed by atoms with E-state index in [1.807, 2.05) is 0 Å². The largest absolute Gasteiger partial charge is 0.481 e. The van der Waals surface area contributed by atoms with Crippen LogP contribution >= 0.6 is 27.5 Å². The lowest BCUT2D eigenvalue weighted by Crippen LogP contribution is -2.48. The summed E-state index contributed by atoms with van der Waals surface area (Å²) in [5.41, 5.74) is -0.789. The van der Waals surface area contributed by atoms with Crippen molar-refractivity contribution in [3.63, 3.8) is 0 Å². The molecule has 1 aromatic rings. The molecule has 1 aromatic carbocycles. The standard InChI is InChI=1S/C17H20BrClFNO4/c1-5-13(25-10-8-11(18)15(20)12(19)9-10)16(23)21-17(2,3)7-6-14(22)24-4/h6-9,13H,5H2,1-4H3,(H,21,23)/b7-6+. The number of methoxy groups -OCH3 is 1. The third kappa shape index (κ3) is 6.66. The summed E-state index contributed by atoms with van der Waals surface area (Å²) in [6.07, 6.45) is 2.34. The maximum absolute atomic E-state index is 13.5. The minimum absolute atomic E-state index is 0.110. The van der Waals surface area contributed by atoms with Gasteiger partial charge in [-0.25, -0.2) is 9.18 Å². The van der Waals surface area contributed by atoms with Crippen LogP contribution in [-0.4, -0.2) is 30.6 Å². The molecule has 1 unspecified atom stereocenters. The Morgan fingerprint density at radius 1 is 1.44 bits per heavy atom. The first kappa shape index (κ1) is 21.4. The molecule has 0 saturated heterocycles. The van der Waals surface area contributed by atoms with Crippen LogP contribution in [0, 0.1) is 5.82 Å². The monoisotopic (exact) mass is 435 g/mol. The van der Waals surface area contributed by atoms with Gasteiger partial charge in [0.1, 0.15) is 5.75 Å². The number of carbonyl (C=O) groups is 2. The normalized spacial score (nSPS) is 12.8. The molecule has 0 aliphatic rings. The first-order valence-corrected chi connectivity index (χ1v) is 8.67. The molecule has 0 aromatic heterocycles. The fourth-order valence-electron chi connectivity index (χ4n) is 1.87. The second kappa shape index (κ2) is 9.20. The SMILES string of the molecule is CCC(Oc1cc(Cl)c(F)c(Br)c1)C(=O)NC(C)(C)/C=C/C(=O)OC. The van der Waals surface area contributed by atoms with E-state index < -0.39 is 23.4 Å². The number of amides is 1. The summed E-state index contributed by atoms with van der Waals surface area (Å²) >= 11 is 8.82. The molecule has 138 valence electrons. The molecule has 0 radical (unpaired) electrons. The van der Waals surface area contributed by atoms with Crippen LogP contribution in [0.15, 0.2) is 28.8 Å². The van der Waals surface area contributed by atoms with Gasteiger partial charge >= 0.3 is 5.97 Å². The van der Waals surface area contributed by atoms with Gasteiger partial charge in [0.15, 0.2) is 11.9 Å². The zero-order valence-electron chi connectivity index (χ0n) is 14.4. The highest BCUT2D eigenvalue weighted by Gasteiger charge is 2.25. The van der Waals surface area contributed by atoms with Gasteiger partial charge in [-0.3, -0.25) is 4.79 Å². The Bertz CT molecular complexity index is 656. The van der Waals surface area contributed by atoms with Crippen molar-refractivity contribution in [2.45, 2.75) is 38.8 Å². The number of nitrogens with one attached hydrogen (secondary N) is 1. The minimum Gasteiger partial charge on any atom is -0.481 e. The first-order chi connectivity index (χ1) is 11.6. The van der Waals surface area contributed by atoms with Crippen molar-refractivity contribution in [2.24, 2.45) is 0 Å². The number of ether oxygens (including phenoxy) is 2. The molecule has 0 spiro atoms. The molecule has 0 heterocycles. The molecule has 0 aliphatic heterocycles. The van der Waals surface area contributed by atoms with Gasteiger partial charge in [0.25, 0.3) is 5.91 Å². The molecule has 0 saturated carbocycles. The van der Waals surface area contributed by atoms with Crippen LogP contribution in [0.4, 0.5) is 4.39 Å². The molecule has 0 aliphatic carbocycles. The second-order valence-electron chi connectivity index (χ2n) is 5.78. The van der Waals surface area contributed by atoms with Crippen molar-refractivity contribution in [3.05, 3.63) is 39.6 Å². The quantitative estimate of drug-likeness (QED) is 0.398. The van der Waals surface area contributed by atoms with Crippen molar-refractivity contribution in [3.8, 4) is 5.75 Å². The number of hydrogen-bond donors (Lipinski definition) is 1. The van der Waals surface area contributed by atoms with Gasteiger partial charge in [-0.05, 0) is 42.3 Å².